The molecule has 0 aliphatic heterocycles. The minimum Gasteiger partial charge on any atom is -0.387 e. The predicted octanol–water partition coefficient (Wildman–Crippen LogP) is 11.4. The van der Waals surface area contributed by atoms with Crippen LogP contribution in [-0.2, 0) is 14.9 Å². The average molecular weight is 750 g/mol. The summed E-state index contributed by atoms with van der Waals surface area (Å²) in [5.41, 5.74) is 0. The van der Waals surface area contributed by atoms with E-state index in [0.29, 0.717) is 12.8 Å². The molecule has 3 unspecified atom stereocenters. The van der Waals surface area contributed by atoms with Gasteiger partial charge in [0.25, 0.3) is 10.1 Å². The van der Waals surface area contributed by atoms with Gasteiger partial charge in [-0.25, -0.2) is 0 Å². The molecule has 0 aromatic carbocycles. The Kier molecular flexibility index (Phi) is 35.9. The molecule has 0 aliphatic carbocycles. The third-order valence-electron chi connectivity index (χ3n) is 9.28. The van der Waals surface area contributed by atoms with Gasteiger partial charge in [-0.05, 0) is 70.6 Å². The first-order valence-corrected chi connectivity index (χ1v) is 22.7. The van der Waals surface area contributed by atoms with E-state index in [1.165, 1.54) is 96.0 Å². The lowest BCUT2D eigenvalue weighted by atomic mass is 10.1. The largest absolute Gasteiger partial charge is 0.387 e. The van der Waals surface area contributed by atoms with Gasteiger partial charge < -0.3 is 15.5 Å². The van der Waals surface area contributed by atoms with E-state index in [-0.39, 0.29) is 6.42 Å². The number of aliphatic hydroxyl groups excluding tert-OH is 2. The summed E-state index contributed by atoms with van der Waals surface area (Å²) in [5, 5.41) is 23.3. The van der Waals surface area contributed by atoms with Gasteiger partial charge in [0.15, 0.2) is 0 Å². The molecule has 1 amide bonds. The monoisotopic (exact) mass is 750 g/mol. The van der Waals surface area contributed by atoms with Crippen molar-refractivity contribution in [2.75, 3.05) is 5.75 Å². The summed E-state index contributed by atoms with van der Waals surface area (Å²) < 4.78 is 32.5. The number of hydrogen-bond acceptors (Lipinski definition) is 5. The molecule has 4 N–H and O–H groups in total. The summed E-state index contributed by atoms with van der Waals surface area (Å²) in [7, 11) is -4.46. The Bertz CT molecular complexity index is 1060. The van der Waals surface area contributed by atoms with E-state index in [9.17, 15) is 28.0 Å². The summed E-state index contributed by atoms with van der Waals surface area (Å²) >= 11 is 0. The van der Waals surface area contributed by atoms with Crippen molar-refractivity contribution in [2.45, 2.75) is 205 Å². The Hall–Kier alpha value is -2.00. The standard InChI is InChI=1S/C44H79NO6S/c1-3-5-7-9-11-13-15-17-19-20-21-22-23-24-25-27-28-30-32-34-36-38-42(46)41(40-52(49,50)51)45-44(48)43(47)39-37-35-33-31-29-26-18-16-14-12-10-8-6-4-2/h12,14,16,18,23-24,28,30,36,38,41-43,46-47H,3-11,13,15,17,19-22,25-27,29,31-35,37,39-40H2,1-2H3,(H,45,48)(H,49,50,51)/b14-12-,18-16-,24-23+,30-28+,38-36+. The van der Waals surface area contributed by atoms with Crippen LogP contribution in [-0.4, -0.2) is 53.1 Å². The fraction of sp³-hybridized carbons (Fsp3) is 0.750. The summed E-state index contributed by atoms with van der Waals surface area (Å²) in [4.78, 5) is 12.6. The molecule has 0 aliphatic rings. The van der Waals surface area contributed by atoms with E-state index < -0.39 is 40.0 Å². The fourth-order valence-corrected chi connectivity index (χ4v) is 6.74. The SMILES string of the molecule is CCCCC/C=C\C=C/CCCCCCCC(O)C(=O)NC(CS(=O)(=O)O)C(O)/C=C/CC/C=C/CC/C=C/CCCCCCCCCCCCC. The maximum absolute atomic E-state index is 12.6. The summed E-state index contributed by atoms with van der Waals surface area (Å²) in [5.74, 6) is -1.59. The van der Waals surface area contributed by atoms with Crippen LogP contribution in [0.5, 0.6) is 0 Å². The van der Waals surface area contributed by atoms with Gasteiger partial charge >= 0.3 is 0 Å². The maximum atomic E-state index is 12.6. The lowest BCUT2D eigenvalue weighted by Crippen LogP contribution is -2.50. The summed E-state index contributed by atoms with van der Waals surface area (Å²) in [6.07, 6.45) is 48.5. The quantitative estimate of drug-likeness (QED) is 0.0217. The second-order valence-corrected chi connectivity index (χ2v) is 15.9. The first-order valence-electron chi connectivity index (χ1n) is 21.1. The summed E-state index contributed by atoms with van der Waals surface area (Å²) in [6.45, 7) is 4.47. The molecule has 8 heteroatoms. The number of carbonyl (C=O) groups is 1. The molecule has 302 valence electrons. The van der Waals surface area contributed by atoms with Gasteiger partial charge in [-0.15, -0.1) is 0 Å². The van der Waals surface area contributed by atoms with Crippen molar-refractivity contribution < 1.29 is 28.0 Å². The number of nitrogens with one attached hydrogen (secondary N) is 1. The molecule has 0 fully saturated rings. The van der Waals surface area contributed by atoms with Crippen LogP contribution >= 0.6 is 0 Å². The van der Waals surface area contributed by atoms with E-state index >= 15 is 0 Å². The fourth-order valence-electron chi connectivity index (χ4n) is 6.01. The zero-order valence-electron chi connectivity index (χ0n) is 33.3. The second-order valence-electron chi connectivity index (χ2n) is 14.4. The molecule has 0 spiro atoms. The molecule has 7 nitrogen and oxygen atoms in total. The van der Waals surface area contributed by atoms with Gasteiger partial charge in [0, 0.05) is 0 Å². The van der Waals surface area contributed by atoms with Crippen LogP contribution in [0.2, 0.25) is 0 Å². The van der Waals surface area contributed by atoms with E-state index in [1.807, 2.05) is 0 Å². The number of amides is 1. The van der Waals surface area contributed by atoms with Crippen molar-refractivity contribution in [3.8, 4) is 0 Å². The van der Waals surface area contributed by atoms with Crippen LogP contribution in [0, 0.1) is 0 Å². The Morgan fingerprint density at radius 3 is 1.42 bits per heavy atom. The van der Waals surface area contributed by atoms with Crippen LogP contribution in [0.4, 0.5) is 0 Å². The molecule has 0 aromatic heterocycles. The first-order chi connectivity index (χ1) is 25.2. The highest BCUT2D eigenvalue weighted by Gasteiger charge is 2.27. The van der Waals surface area contributed by atoms with Crippen molar-refractivity contribution in [1.29, 1.82) is 0 Å². The van der Waals surface area contributed by atoms with Gasteiger partial charge in [0.05, 0.1) is 17.9 Å². The molecule has 0 saturated carbocycles. The zero-order valence-corrected chi connectivity index (χ0v) is 34.1. The molecular formula is C44H79NO6S. The molecule has 0 bridgehead atoms. The number of hydrogen-bond donors (Lipinski definition) is 4. The third kappa shape index (κ3) is 36.4. The highest BCUT2D eigenvalue weighted by atomic mass is 32.2. The smallest absolute Gasteiger partial charge is 0.267 e. The first kappa shape index (κ1) is 50.0. The highest BCUT2D eigenvalue weighted by Crippen LogP contribution is 2.13. The molecule has 0 heterocycles. The van der Waals surface area contributed by atoms with Crippen molar-refractivity contribution in [3.05, 3.63) is 60.8 Å². The van der Waals surface area contributed by atoms with Crippen molar-refractivity contribution in [2.24, 2.45) is 0 Å². The Morgan fingerprint density at radius 1 is 0.538 bits per heavy atom. The molecule has 0 rings (SSSR count). The van der Waals surface area contributed by atoms with Gasteiger partial charge in [-0.1, -0.05) is 177 Å². The number of allylic oxidation sites excluding steroid dienone is 9. The van der Waals surface area contributed by atoms with E-state index in [0.717, 1.165) is 64.2 Å². The Balaban J connectivity index is 4.13. The number of carbonyl (C=O) groups excluding carboxylic acids is 1. The average Bonchev–Trinajstić information content (AvgIpc) is 3.11. The van der Waals surface area contributed by atoms with E-state index in [2.05, 4.69) is 67.8 Å². The number of unbranched alkanes of at least 4 members (excludes halogenated alkanes) is 21. The van der Waals surface area contributed by atoms with Gasteiger partial charge in [-0.3, -0.25) is 9.35 Å². The van der Waals surface area contributed by atoms with Crippen molar-refractivity contribution >= 4 is 16.0 Å². The molecule has 0 aromatic rings. The van der Waals surface area contributed by atoms with Gasteiger partial charge in [0.2, 0.25) is 5.91 Å². The van der Waals surface area contributed by atoms with Gasteiger partial charge in [-0.2, -0.15) is 8.42 Å². The van der Waals surface area contributed by atoms with Crippen LogP contribution in [0.1, 0.15) is 187 Å². The normalized spacial score (nSPS) is 14.5. The minimum absolute atomic E-state index is 0.251. The number of aliphatic hydroxyl groups is 2. The van der Waals surface area contributed by atoms with Crippen molar-refractivity contribution in [3.63, 3.8) is 0 Å². The third-order valence-corrected chi connectivity index (χ3v) is 10.1. The highest BCUT2D eigenvalue weighted by molar-refractivity contribution is 7.85. The van der Waals surface area contributed by atoms with Crippen molar-refractivity contribution in [1.82, 2.24) is 5.32 Å². The minimum atomic E-state index is -4.46. The Labute approximate surface area is 320 Å². The molecule has 3 atom stereocenters. The number of rotatable bonds is 37. The summed E-state index contributed by atoms with van der Waals surface area (Å²) in [6, 6.07) is -1.26. The van der Waals surface area contributed by atoms with Crippen LogP contribution in [0.25, 0.3) is 0 Å². The van der Waals surface area contributed by atoms with Crippen LogP contribution in [0.3, 0.4) is 0 Å². The molecule has 0 saturated heterocycles. The molecule has 0 radical (unpaired) electrons. The van der Waals surface area contributed by atoms with Crippen LogP contribution < -0.4 is 5.32 Å². The zero-order chi connectivity index (χ0) is 38.4. The lowest BCUT2D eigenvalue weighted by molar-refractivity contribution is -0.130. The Morgan fingerprint density at radius 2 is 0.923 bits per heavy atom. The predicted molar refractivity (Wildman–Crippen MR) is 222 cm³/mol. The molecule has 52 heavy (non-hydrogen) atoms. The van der Waals surface area contributed by atoms with Crippen LogP contribution in [0.15, 0.2) is 60.8 Å². The maximum Gasteiger partial charge on any atom is 0.267 e. The second kappa shape index (κ2) is 37.3. The van der Waals surface area contributed by atoms with Gasteiger partial charge in [0.1, 0.15) is 6.10 Å². The molecular weight excluding hydrogens is 671 g/mol. The van der Waals surface area contributed by atoms with E-state index in [1.54, 1.807) is 6.08 Å². The lowest BCUT2D eigenvalue weighted by Gasteiger charge is -2.22. The van der Waals surface area contributed by atoms with E-state index in [4.69, 9.17) is 0 Å². The topological polar surface area (TPSA) is 124 Å².